The topological polar surface area (TPSA) is 9.23 Å². The van der Waals surface area contributed by atoms with E-state index in [4.69, 9.17) is 4.74 Å². The summed E-state index contributed by atoms with van der Waals surface area (Å²) in [6.45, 7) is 4.60. The molecule has 16 rings (SSSR count). The summed E-state index contributed by atoms with van der Waals surface area (Å²) < 4.78 is 6.57. The van der Waals surface area contributed by atoms with Crippen LogP contribution in [0.1, 0.15) is 76.3 Å². The maximum Gasteiger partial charge on any atom is 0.127 e. The molecule has 87 heavy (non-hydrogen) atoms. The van der Waals surface area contributed by atoms with E-state index < -0.39 is 0 Å². The number of hydrogen-bond acceptors (Lipinski definition) is 7. The summed E-state index contributed by atoms with van der Waals surface area (Å²) in [6, 6.07) is 82.1. The van der Waals surface area contributed by atoms with Gasteiger partial charge in [-0.25, -0.2) is 0 Å². The number of aryl methyl sites for hydroxylation is 2. The minimum Gasteiger partial charge on any atom is -0.457 e. The Morgan fingerprint density at radius 2 is 0.621 bits per heavy atom. The molecule has 0 spiro atoms. The number of hydrogen-bond donors (Lipinski definition) is 0. The molecule has 6 aromatic heterocycles. The zero-order valence-corrected chi connectivity index (χ0v) is 53.6. The summed E-state index contributed by atoms with van der Waals surface area (Å²) >= 11 is 11.6. The van der Waals surface area contributed by atoms with Crippen molar-refractivity contribution in [2.24, 2.45) is 0 Å². The largest absolute Gasteiger partial charge is 0.457 e. The molecule has 16 aromatic rings. The Labute approximate surface area is 532 Å². The van der Waals surface area contributed by atoms with Crippen LogP contribution in [-0.2, 0) is 12.8 Å². The second kappa shape index (κ2) is 23.4. The van der Waals surface area contributed by atoms with Crippen molar-refractivity contribution < 1.29 is 4.74 Å². The Morgan fingerprint density at radius 3 is 1.02 bits per heavy atom. The van der Waals surface area contributed by atoms with Gasteiger partial charge < -0.3 is 4.74 Å². The van der Waals surface area contributed by atoms with Crippen molar-refractivity contribution in [1.29, 1.82) is 0 Å². The number of rotatable bonds is 20. The molecule has 0 radical (unpaired) electrons. The molecule has 0 aliphatic heterocycles. The second-order valence-electron chi connectivity index (χ2n) is 23.3. The predicted molar refractivity (Wildman–Crippen MR) is 387 cm³/mol. The lowest BCUT2D eigenvalue weighted by Crippen LogP contribution is -1.86. The van der Waals surface area contributed by atoms with Gasteiger partial charge in [-0.3, -0.25) is 0 Å². The molecule has 1 nitrogen and oxygen atoms in total. The Morgan fingerprint density at radius 1 is 0.276 bits per heavy atom. The van der Waals surface area contributed by atoms with Gasteiger partial charge in [0.05, 0.1) is 0 Å². The third-order valence-electron chi connectivity index (χ3n) is 17.7. The molecule has 0 atom stereocenters. The van der Waals surface area contributed by atoms with Crippen LogP contribution in [-0.4, -0.2) is 0 Å². The van der Waals surface area contributed by atoms with Crippen molar-refractivity contribution in [3.63, 3.8) is 0 Å². The van der Waals surface area contributed by atoms with E-state index >= 15 is 0 Å². The van der Waals surface area contributed by atoms with E-state index in [0.717, 1.165) is 24.3 Å². The van der Waals surface area contributed by atoms with E-state index in [1.54, 1.807) is 0 Å². The molecule has 424 valence electrons. The maximum absolute atomic E-state index is 6.57. The molecular weight excluding hydrogens is 1170 g/mol. The molecule has 0 fully saturated rings. The van der Waals surface area contributed by atoms with Crippen molar-refractivity contribution in [3.05, 3.63) is 230 Å². The average Bonchev–Trinajstić information content (AvgIpc) is 2.33. The molecule has 7 heteroatoms. The predicted octanol–water partition coefficient (Wildman–Crippen LogP) is 27.2. The molecule has 0 aliphatic rings. The number of benzene rings is 10. The molecule has 0 bridgehead atoms. The zero-order chi connectivity index (χ0) is 58.0. The summed E-state index contributed by atoms with van der Waals surface area (Å²) in [5.41, 5.74) is 8.02. The molecule has 0 N–H and O–H groups in total. The minimum absolute atomic E-state index is 0.846. The fourth-order valence-corrected chi connectivity index (χ4v) is 20.2. The van der Waals surface area contributed by atoms with Gasteiger partial charge in [0.25, 0.3) is 0 Å². The van der Waals surface area contributed by atoms with Crippen LogP contribution in [0, 0.1) is 0 Å². The Bertz CT molecular complexity index is 4760. The van der Waals surface area contributed by atoms with E-state index in [0.29, 0.717) is 0 Å². The lowest BCUT2D eigenvalue weighted by molar-refractivity contribution is 0.483. The molecule has 10 aromatic carbocycles. The van der Waals surface area contributed by atoms with Gasteiger partial charge in [-0.15, -0.1) is 68.0 Å². The Balaban J connectivity index is 0.622. The molecule has 0 saturated carbocycles. The van der Waals surface area contributed by atoms with Crippen LogP contribution in [0.2, 0.25) is 0 Å². The van der Waals surface area contributed by atoms with E-state index in [1.807, 2.05) is 68.0 Å². The molecule has 0 amide bonds. The van der Waals surface area contributed by atoms with Crippen molar-refractivity contribution in [1.82, 2.24) is 0 Å². The molecular formula is C80H62OS6. The van der Waals surface area contributed by atoms with Crippen LogP contribution < -0.4 is 4.74 Å². The summed E-state index contributed by atoms with van der Waals surface area (Å²) in [4.78, 5) is 16.1. The highest BCUT2D eigenvalue weighted by atomic mass is 32.1. The lowest BCUT2D eigenvalue weighted by atomic mass is 9.91. The average molecular weight is 1230 g/mol. The van der Waals surface area contributed by atoms with E-state index in [9.17, 15) is 0 Å². The SMILES string of the molecule is CCCCCCc1cc(-c2ccc(Oc3ccc(-c4cc(CCCCCC)c(-c5ccc(-c6ccc(-c7ccc8ccc9cccc%10ccc7c8c9%10)s6)s5)s4)cc3)cc2)sc1-c1ccc(-c2ccc(-c3ccc4ccc5cccc6ccc3c4c56)s2)s1. The number of unbranched alkanes of at least 4 members (excludes halogenated alkanes) is 6. The first-order valence-electron chi connectivity index (χ1n) is 30.9. The normalized spacial score (nSPS) is 12.0. The molecule has 0 saturated heterocycles. The smallest absolute Gasteiger partial charge is 0.127 e. The summed E-state index contributed by atoms with van der Waals surface area (Å²) in [5, 5.41) is 16.0. The molecule has 0 aliphatic carbocycles. The maximum atomic E-state index is 6.57. The standard InChI is InChI=1S/C80H62OS6/c1-3-5-7-9-13-57-47-73(86-79(57)71-45-43-69(84-71)67-41-39-65(82-67)61-35-27-55-21-19-51-15-11-17-53-29-37-63(61)77(55)75(51)53)49-23-31-59(32-24-49)81-60-33-25-50(26-34-60)74-48-58(14-10-8-6-4-2)80(87-74)72-46-44-70(85-72)68-42-40-66(83-68)62-36-28-56-22-20-52-16-12-18-54-30-38-64(62)78(56)76(52)54/h11-12,15-48H,3-10,13-14H2,1-2H3. The third kappa shape index (κ3) is 10.3. The van der Waals surface area contributed by atoms with Crippen molar-refractivity contribution in [2.45, 2.75) is 78.1 Å². The number of ether oxygens (including phenoxy) is 1. The highest BCUT2D eigenvalue weighted by Gasteiger charge is 2.21. The fraction of sp³-hybridized carbons (Fsp3) is 0.150. The highest BCUT2D eigenvalue weighted by molar-refractivity contribution is 7.29. The van der Waals surface area contributed by atoms with Gasteiger partial charge in [-0.2, -0.15) is 0 Å². The second-order valence-corrected chi connectivity index (χ2v) is 29.7. The van der Waals surface area contributed by atoms with Crippen LogP contribution in [0.25, 0.3) is 145 Å². The monoisotopic (exact) mass is 1230 g/mol. The van der Waals surface area contributed by atoms with Crippen molar-refractivity contribution in [3.8, 4) is 92.3 Å². The lowest BCUT2D eigenvalue weighted by Gasteiger charge is -2.13. The Kier molecular flexibility index (Phi) is 14.7. The highest BCUT2D eigenvalue weighted by Crippen LogP contribution is 2.50. The van der Waals surface area contributed by atoms with Gasteiger partial charge in [0.15, 0.2) is 0 Å². The van der Waals surface area contributed by atoms with E-state index in [1.165, 1.54) is 208 Å². The zero-order valence-electron chi connectivity index (χ0n) is 48.7. The van der Waals surface area contributed by atoms with Crippen LogP contribution in [0.3, 0.4) is 0 Å². The van der Waals surface area contributed by atoms with Crippen LogP contribution in [0.4, 0.5) is 0 Å². The van der Waals surface area contributed by atoms with Gasteiger partial charge >= 0.3 is 0 Å². The fourth-order valence-electron chi connectivity index (χ4n) is 13.2. The minimum atomic E-state index is 0.846. The quantitative estimate of drug-likeness (QED) is 0.0546. The summed E-state index contributed by atoms with van der Waals surface area (Å²) in [7, 11) is 0. The first kappa shape index (κ1) is 54.7. The van der Waals surface area contributed by atoms with Gasteiger partial charge in [0.1, 0.15) is 11.5 Å². The van der Waals surface area contributed by atoms with Crippen LogP contribution in [0.5, 0.6) is 11.5 Å². The van der Waals surface area contributed by atoms with Crippen LogP contribution >= 0.6 is 68.0 Å². The van der Waals surface area contributed by atoms with Crippen LogP contribution in [0.15, 0.2) is 218 Å². The van der Waals surface area contributed by atoms with Crippen molar-refractivity contribution in [2.75, 3.05) is 0 Å². The van der Waals surface area contributed by atoms with Gasteiger partial charge in [-0.1, -0.05) is 162 Å². The van der Waals surface area contributed by atoms with Gasteiger partial charge in [-0.05, 0) is 233 Å². The molecule has 6 heterocycles. The summed E-state index contributed by atoms with van der Waals surface area (Å²) in [5.74, 6) is 1.69. The van der Waals surface area contributed by atoms with Gasteiger partial charge in [0, 0.05) is 58.5 Å². The van der Waals surface area contributed by atoms with E-state index in [-0.39, 0.29) is 0 Å². The first-order valence-corrected chi connectivity index (χ1v) is 35.8. The molecule has 0 unspecified atom stereocenters. The summed E-state index contributed by atoms with van der Waals surface area (Å²) in [6.07, 6.45) is 12.2. The first-order chi connectivity index (χ1) is 43.0. The Hall–Kier alpha value is -7.72. The van der Waals surface area contributed by atoms with Crippen molar-refractivity contribution >= 4 is 133 Å². The van der Waals surface area contributed by atoms with Gasteiger partial charge in [0.2, 0.25) is 0 Å². The number of thiophene rings is 6. The van der Waals surface area contributed by atoms with E-state index in [2.05, 4.69) is 232 Å². The third-order valence-corrected chi connectivity index (χ3v) is 25.3.